The first-order valence-corrected chi connectivity index (χ1v) is 16.2. The lowest BCUT2D eigenvalue weighted by Gasteiger charge is -2.25. The standard InChI is InChI=1S/C34H46O3SSi/c1-8-35-39(36-9-2,37-10-3)29-14-13-20-32(6)22-15-21-30(4)18-11-12-19-31(5)23-16-24-33(7)26-27-34-25-17-28-38-34/h11-29H,8-10H2,1-7H3/b12-11+,20-13+,21-15+,23-16+,27-26+,29-14+,30-18+,31-19+,32-22+,33-24+. The second-order valence-corrected chi connectivity index (χ2v) is 12.1. The van der Waals surface area contributed by atoms with Crippen LogP contribution in [0.5, 0.6) is 0 Å². The monoisotopic (exact) mass is 562 g/mol. The van der Waals surface area contributed by atoms with Gasteiger partial charge in [0.2, 0.25) is 0 Å². The van der Waals surface area contributed by atoms with Gasteiger partial charge in [0.15, 0.2) is 0 Å². The number of hydrogen-bond donors (Lipinski definition) is 0. The highest BCUT2D eigenvalue weighted by atomic mass is 32.1. The largest absolute Gasteiger partial charge is 0.529 e. The molecule has 0 aliphatic rings. The Morgan fingerprint density at radius 1 is 0.641 bits per heavy atom. The molecule has 1 aromatic heterocycles. The maximum atomic E-state index is 5.83. The van der Waals surface area contributed by atoms with Crippen LogP contribution in [0.1, 0.15) is 53.3 Å². The lowest BCUT2D eigenvalue weighted by Crippen LogP contribution is -2.44. The second-order valence-electron chi connectivity index (χ2n) is 8.72. The van der Waals surface area contributed by atoms with Gasteiger partial charge in [-0.05, 0) is 71.7 Å². The summed E-state index contributed by atoms with van der Waals surface area (Å²) in [4.78, 5) is 1.27. The van der Waals surface area contributed by atoms with Gasteiger partial charge in [-0.1, -0.05) is 113 Å². The lowest BCUT2D eigenvalue weighted by atomic mass is 10.2. The fourth-order valence-electron chi connectivity index (χ4n) is 3.19. The Hall–Kier alpha value is -2.80. The zero-order valence-corrected chi connectivity index (χ0v) is 26.5. The summed E-state index contributed by atoms with van der Waals surface area (Å²) in [6, 6.07) is 4.19. The van der Waals surface area contributed by atoms with Crippen molar-refractivity contribution in [1.29, 1.82) is 0 Å². The molecule has 1 heterocycles. The van der Waals surface area contributed by atoms with Gasteiger partial charge in [-0.3, -0.25) is 0 Å². The molecule has 0 radical (unpaired) electrons. The summed E-state index contributed by atoms with van der Waals surface area (Å²) in [5.74, 6) is 0. The number of allylic oxidation sites excluding steroid dienone is 18. The molecule has 1 aromatic rings. The van der Waals surface area contributed by atoms with E-state index in [-0.39, 0.29) is 0 Å². The highest BCUT2D eigenvalue weighted by Gasteiger charge is 2.37. The first kappa shape index (κ1) is 34.2. The van der Waals surface area contributed by atoms with Crippen LogP contribution in [-0.4, -0.2) is 28.6 Å². The molecular formula is C34H46O3SSi. The molecule has 1 rings (SSSR count). The van der Waals surface area contributed by atoms with Gasteiger partial charge < -0.3 is 13.3 Å². The molecule has 0 unspecified atom stereocenters. The van der Waals surface area contributed by atoms with Crippen LogP contribution in [-0.2, 0) is 13.3 Å². The van der Waals surface area contributed by atoms with Crippen molar-refractivity contribution in [3.63, 3.8) is 0 Å². The van der Waals surface area contributed by atoms with Gasteiger partial charge in [0.1, 0.15) is 0 Å². The Balaban J connectivity index is 2.59. The third kappa shape index (κ3) is 16.7. The van der Waals surface area contributed by atoms with Crippen LogP contribution >= 0.6 is 11.3 Å². The second kappa shape index (κ2) is 21.1. The average molecular weight is 563 g/mol. The first-order chi connectivity index (χ1) is 18.8. The minimum Gasteiger partial charge on any atom is -0.371 e. The smallest absolute Gasteiger partial charge is 0.371 e. The molecule has 0 spiro atoms. The van der Waals surface area contributed by atoms with Crippen molar-refractivity contribution in [2.75, 3.05) is 19.8 Å². The summed E-state index contributed by atoms with van der Waals surface area (Å²) < 4.78 is 17.5. The lowest BCUT2D eigenvalue weighted by molar-refractivity contribution is 0.0843. The molecule has 0 amide bonds. The molecule has 5 heteroatoms. The summed E-state index contributed by atoms with van der Waals surface area (Å²) in [6.07, 6.45) is 31.2. The topological polar surface area (TPSA) is 27.7 Å². The molecular weight excluding hydrogens is 517 g/mol. The Morgan fingerprint density at radius 2 is 1.10 bits per heavy atom. The molecule has 0 aromatic carbocycles. The van der Waals surface area contributed by atoms with E-state index in [4.69, 9.17) is 13.3 Å². The van der Waals surface area contributed by atoms with E-state index >= 15 is 0 Å². The van der Waals surface area contributed by atoms with Crippen molar-refractivity contribution in [3.8, 4) is 0 Å². The third-order valence-electron chi connectivity index (χ3n) is 5.13. The maximum absolute atomic E-state index is 5.83. The number of hydrogen-bond acceptors (Lipinski definition) is 4. The third-order valence-corrected chi connectivity index (χ3v) is 8.64. The molecule has 0 N–H and O–H groups in total. The van der Waals surface area contributed by atoms with Crippen molar-refractivity contribution < 1.29 is 13.3 Å². The predicted molar refractivity (Wildman–Crippen MR) is 175 cm³/mol. The zero-order chi connectivity index (χ0) is 28.8. The van der Waals surface area contributed by atoms with E-state index in [0.29, 0.717) is 19.8 Å². The van der Waals surface area contributed by atoms with Gasteiger partial charge in [0.05, 0.1) is 0 Å². The highest BCUT2D eigenvalue weighted by molar-refractivity contribution is 7.10. The SMILES string of the molecule is CCO[Si](/C=C/C=C/C(C)=C/C=C/C(C)=C/C=C/C=C(C)/C=C/C=C(C)/C=C/c1cccs1)(OCC)OCC. The fraction of sp³-hybridized carbons (Fsp3) is 0.294. The van der Waals surface area contributed by atoms with E-state index in [1.807, 2.05) is 38.6 Å². The molecule has 39 heavy (non-hydrogen) atoms. The van der Waals surface area contributed by atoms with Crippen molar-refractivity contribution >= 4 is 26.2 Å². The highest BCUT2D eigenvalue weighted by Crippen LogP contribution is 2.13. The minimum atomic E-state index is -2.75. The Labute approximate surface area is 242 Å². The van der Waals surface area contributed by atoms with E-state index in [0.717, 1.165) is 5.57 Å². The Morgan fingerprint density at radius 3 is 1.56 bits per heavy atom. The van der Waals surface area contributed by atoms with Crippen molar-refractivity contribution in [3.05, 3.63) is 135 Å². The van der Waals surface area contributed by atoms with Crippen molar-refractivity contribution in [1.82, 2.24) is 0 Å². The van der Waals surface area contributed by atoms with E-state index in [2.05, 4.69) is 124 Å². The maximum Gasteiger partial charge on any atom is 0.529 e. The summed E-state index contributed by atoms with van der Waals surface area (Å²) in [7, 11) is -2.75. The number of rotatable bonds is 17. The Bertz CT molecular complexity index is 1110. The van der Waals surface area contributed by atoms with Crippen LogP contribution in [0.25, 0.3) is 6.08 Å². The van der Waals surface area contributed by atoms with Gasteiger partial charge in [0.25, 0.3) is 0 Å². The molecule has 210 valence electrons. The summed E-state index contributed by atoms with van der Waals surface area (Å²) in [5.41, 5.74) is 6.68. The normalized spacial score (nSPS) is 15.2. The van der Waals surface area contributed by atoms with Crippen LogP contribution in [0.4, 0.5) is 0 Å². The summed E-state index contributed by atoms with van der Waals surface area (Å²) in [6.45, 7) is 15.9. The van der Waals surface area contributed by atoms with E-state index < -0.39 is 8.80 Å². The van der Waals surface area contributed by atoms with Crippen LogP contribution in [0, 0.1) is 0 Å². The van der Waals surface area contributed by atoms with Crippen LogP contribution in [0.15, 0.2) is 131 Å². The fourth-order valence-corrected chi connectivity index (χ4v) is 5.90. The molecule has 0 atom stereocenters. The molecule has 0 saturated carbocycles. The molecule has 0 aliphatic carbocycles. The predicted octanol–water partition coefficient (Wildman–Crippen LogP) is 9.92. The van der Waals surface area contributed by atoms with E-state index in [1.54, 1.807) is 11.3 Å². The number of thiophene rings is 1. The van der Waals surface area contributed by atoms with Crippen molar-refractivity contribution in [2.24, 2.45) is 0 Å². The van der Waals surface area contributed by atoms with Gasteiger partial charge in [-0.15, -0.1) is 11.3 Å². The molecule has 0 aliphatic heterocycles. The molecule has 0 fully saturated rings. The van der Waals surface area contributed by atoms with Gasteiger partial charge in [0, 0.05) is 24.7 Å². The molecule has 3 nitrogen and oxygen atoms in total. The van der Waals surface area contributed by atoms with Gasteiger partial charge >= 0.3 is 8.80 Å². The van der Waals surface area contributed by atoms with E-state index in [1.165, 1.54) is 21.6 Å². The molecule has 0 saturated heterocycles. The molecule has 0 bridgehead atoms. The summed E-state index contributed by atoms with van der Waals surface area (Å²) >= 11 is 1.74. The quantitative estimate of drug-likeness (QED) is 0.140. The van der Waals surface area contributed by atoms with Gasteiger partial charge in [-0.25, -0.2) is 0 Å². The van der Waals surface area contributed by atoms with Gasteiger partial charge in [-0.2, -0.15) is 0 Å². The average Bonchev–Trinajstić information content (AvgIpc) is 3.42. The van der Waals surface area contributed by atoms with E-state index in [9.17, 15) is 0 Å². The zero-order valence-electron chi connectivity index (χ0n) is 24.7. The first-order valence-electron chi connectivity index (χ1n) is 13.5. The Kier molecular flexibility index (Phi) is 18.5. The summed E-state index contributed by atoms with van der Waals surface area (Å²) in [5, 5.41) is 2.09. The van der Waals surface area contributed by atoms with Crippen LogP contribution in [0.3, 0.4) is 0 Å². The minimum absolute atomic E-state index is 0.561. The van der Waals surface area contributed by atoms with Crippen LogP contribution in [0.2, 0.25) is 0 Å². The van der Waals surface area contributed by atoms with Crippen molar-refractivity contribution in [2.45, 2.75) is 48.5 Å². The van der Waals surface area contributed by atoms with Crippen LogP contribution < -0.4 is 0 Å².